The first-order valence-electron chi connectivity index (χ1n) is 5.72. The summed E-state index contributed by atoms with van der Waals surface area (Å²) >= 11 is 6.17. The van der Waals surface area contributed by atoms with Gasteiger partial charge in [-0.3, -0.25) is 0 Å². The normalized spacial score (nSPS) is 12.5. The Balaban J connectivity index is 2.30. The highest BCUT2D eigenvalue weighted by molar-refractivity contribution is 9.10. The molecule has 1 nitrogen and oxygen atoms in total. The molecule has 0 aliphatic carbocycles. The minimum Gasteiger partial charge on any atom is -0.323 e. The van der Waals surface area contributed by atoms with E-state index >= 15 is 0 Å². The second-order valence-electron chi connectivity index (χ2n) is 4.37. The van der Waals surface area contributed by atoms with Crippen molar-refractivity contribution in [1.82, 2.24) is 0 Å². The first kappa shape index (κ1) is 15.5. The van der Waals surface area contributed by atoms with Crippen molar-refractivity contribution in [2.75, 3.05) is 0 Å². The van der Waals surface area contributed by atoms with Gasteiger partial charge in [-0.25, -0.2) is 13.2 Å². The van der Waals surface area contributed by atoms with Crippen LogP contribution in [0.2, 0.25) is 0 Å². The molecular weight excluding hydrogens is 399 g/mol. The maximum atomic E-state index is 13.8. The largest absolute Gasteiger partial charge is 0.323 e. The molecule has 0 aromatic heterocycles. The fraction of sp³-hybridized carbons (Fsp3) is 0.143. The number of rotatable bonds is 3. The Kier molecular flexibility index (Phi) is 4.88. The standard InChI is InChI=1S/C14H10Br2F3N/c15-8-1-7(2-10(17)4-8)3-13(20)14-11(18)5-9(16)6-12(14)19/h1-2,4-6,13H,3,20H2. The van der Waals surface area contributed by atoms with E-state index in [9.17, 15) is 13.2 Å². The van der Waals surface area contributed by atoms with Crippen LogP contribution >= 0.6 is 31.9 Å². The third kappa shape index (κ3) is 3.62. The summed E-state index contributed by atoms with van der Waals surface area (Å²) in [6.45, 7) is 0. The topological polar surface area (TPSA) is 26.0 Å². The summed E-state index contributed by atoms with van der Waals surface area (Å²) in [6, 6.07) is 5.67. The van der Waals surface area contributed by atoms with E-state index in [2.05, 4.69) is 31.9 Å². The third-order valence-electron chi connectivity index (χ3n) is 2.79. The Morgan fingerprint density at radius 2 is 1.45 bits per heavy atom. The molecule has 0 spiro atoms. The number of halogens is 5. The molecule has 0 saturated carbocycles. The SMILES string of the molecule is NC(Cc1cc(F)cc(Br)c1)c1c(F)cc(Br)cc1F. The van der Waals surface area contributed by atoms with Crippen LogP contribution in [0.25, 0.3) is 0 Å². The molecule has 0 fully saturated rings. The maximum absolute atomic E-state index is 13.8. The van der Waals surface area contributed by atoms with Crippen LogP contribution in [0.4, 0.5) is 13.2 Å². The van der Waals surface area contributed by atoms with Gasteiger partial charge in [0.25, 0.3) is 0 Å². The van der Waals surface area contributed by atoms with E-state index in [4.69, 9.17) is 5.73 Å². The van der Waals surface area contributed by atoms with Gasteiger partial charge in [-0.05, 0) is 42.3 Å². The zero-order valence-corrected chi connectivity index (χ0v) is 13.3. The van der Waals surface area contributed by atoms with Gasteiger partial charge >= 0.3 is 0 Å². The molecule has 2 aromatic carbocycles. The lowest BCUT2D eigenvalue weighted by Gasteiger charge is -2.15. The Morgan fingerprint density at radius 1 is 0.900 bits per heavy atom. The molecule has 6 heteroatoms. The van der Waals surface area contributed by atoms with Crippen molar-refractivity contribution in [3.05, 3.63) is 67.9 Å². The lowest BCUT2D eigenvalue weighted by atomic mass is 9.98. The Labute approximate surface area is 131 Å². The fourth-order valence-electron chi connectivity index (χ4n) is 1.99. The monoisotopic (exact) mass is 407 g/mol. The van der Waals surface area contributed by atoms with Crippen LogP contribution < -0.4 is 5.73 Å². The number of benzene rings is 2. The predicted molar refractivity (Wildman–Crippen MR) is 78.8 cm³/mol. The molecule has 0 amide bonds. The van der Waals surface area contributed by atoms with Crippen molar-refractivity contribution in [3.8, 4) is 0 Å². The molecule has 1 unspecified atom stereocenters. The molecule has 0 saturated heterocycles. The summed E-state index contributed by atoms with van der Waals surface area (Å²) in [7, 11) is 0. The highest BCUT2D eigenvalue weighted by Gasteiger charge is 2.18. The van der Waals surface area contributed by atoms with E-state index in [0.29, 0.717) is 14.5 Å². The molecule has 106 valence electrons. The Bertz CT molecular complexity index is 603. The first-order valence-corrected chi connectivity index (χ1v) is 7.30. The van der Waals surface area contributed by atoms with Crippen LogP contribution in [0, 0.1) is 17.5 Å². The number of hydrogen-bond donors (Lipinski definition) is 1. The summed E-state index contributed by atoms with van der Waals surface area (Å²) in [6.07, 6.45) is 0.131. The van der Waals surface area contributed by atoms with Gasteiger partial charge in [0.2, 0.25) is 0 Å². The molecule has 0 aliphatic rings. The predicted octanol–water partition coefficient (Wildman–Crippen LogP) is 4.87. The van der Waals surface area contributed by atoms with Gasteiger partial charge in [-0.2, -0.15) is 0 Å². The van der Waals surface area contributed by atoms with Crippen molar-refractivity contribution < 1.29 is 13.2 Å². The molecule has 1 atom stereocenters. The zero-order chi connectivity index (χ0) is 14.9. The van der Waals surface area contributed by atoms with Crippen molar-refractivity contribution in [3.63, 3.8) is 0 Å². The van der Waals surface area contributed by atoms with Gasteiger partial charge in [0.1, 0.15) is 17.5 Å². The Hall–Kier alpha value is -0.850. The molecule has 20 heavy (non-hydrogen) atoms. The molecule has 2 aromatic rings. The fourth-order valence-corrected chi connectivity index (χ4v) is 2.91. The van der Waals surface area contributed by atoms with Gasteiger partial charge in [0.15, 0.2) is 0 Å². The van der Waals surface area contributed by atoms with Crippen molar-refractivity contribution in [2.24, 2.45) is 5.73 Å². The zero-order valence-electron chi connectivity index (χ0n) is 10.1. The quantitative estimate of drug-likeness (QED) is 0.770. The van der Waals surface area contributed by atoms with Crippen molar-refractivity contribution >= 4 is 31.9 Å². The van der Waals surface area contributed by atoms with Crippen LogP contribution in [0.3, 0.4) is 0 Å². The van der Waals surface area contributed by atoms with Crippen LogP contribution in [0.15, 0.2) is 39.3 Å². The van der Waals surface area contributed by atoms with Crippen molar-refractivity contribution in [1.29, 1.82) is 0 Å². The van der Waals surface area contributed by atoms with Gasteiger partial charge in [0.05, 0.1) is 0 Å². The molecule has 2 N–H and O–H groups in total. The summed E-state index contributed by atoms with van der Waals surface area (Å²) in [5.41, 5.74) is 6.21. The highest BCUT2D eigenvalue weighted by Crippen LogP contribution is 2.26. The van der Waals surface area contributed by atoms with E-state index in [1.165, 1.54) is 12.1 Å². The number of nitrogens with two attached hydrogens (primary N) is 1. The molecule has 0 radical (unpaired) electrons. The van der Waals surface area contributed by atoms with Gasteiger partial charge in [-0.15, -0.1) is 0 Å². The van der Waals surface area contributed by atoms with E-state index < -0.39 is 23.5 Å². The average molecular weight is 409 g/mol. The van der Waals surface area contributed by atoms with Crippen LogP contribution in [-0.2, 0) is 6.42 Å². The van der Waals surface area contributed by atoms with Gasteiger partial charge in [-0.1, -0.05) is 31.9 Å². The molecule has 0 heterocycles. The minimum atomic E-state index is -0.892. The van der Waals surface area contributed by atoms with Crippen LogP contribution in [-0.4, -0.2) is 0 Å². The molecule has 0 bridgehead atoms. The summed E-state index contributed by atoms with van der Waals surface area (Å²) in [5, 5.41) is 0. The maximum Gasteiger partial charge on any atom is 0.132 e. The lowest BCUT2D eigenvalue weighted by Crippen LogP contribution is -2.17. The summed E-state index contributed by atoms with van der Waals surface area (Å²) in [4.78, 5) is 0. The van der Waals surface area contributed by atoms with E-state index in [-0.39, 0.29) is 12.0 Å². The summed E-state index contributed by atoms with van der Waals surface area (Å²) in [5.74, 6) is -1.88. The van der Waals surface area contributed by atoms with Gasteiger partial charge in [0, 0.05) is 20.6 Å². The van der Waals surface area contributed by atoms with Gasteiger partial charge < -0.3 is 5.73 Å². The molecule has 0 aliphatic heterocycles. The molecular formula is C14H10Br2F3N. The van der Waals surface area contributed by atoms with Crippen molar-refractivity contribution in [2.45, 2.75) is 12.5 Å². The van der Waals surface area contributed by atoms with E-state index in [1.54, 1.807) is 6.07 Å². The highest BCUT2D eigenvalue weighted by atomic mass is 79.9. The second kappa shape index (κ2) is 6.28. The summed E-state index contributed by atoms with van der Waals surface area (Å²) < 4.78 is 41.7. The third-order valence-corrected chi connectivity index (χ3v) is 3.71. The first-order chi connectivity index (χ1) is 9.36. The Morgan fingerprint density at radius 3 is 2.00 bits per heavy atom. The lowest BCUT2D eigenvalue weighted by molar-refractivity contribution is 0.523. The molecule has 2 rings (SSSR count). The van der Waals surface area contributed by atoms with Crippen LogP contribution in [0.1, 0.15) is 17.2 Å². The second-order valence-corrected chi connectivity index (χ2v) is 6.20. The minimum absolute atomic E-state index is 0.131. The van der Waals surface area contributed by atoms with E-state index in [1.807, 2.05) is 0 Å². The average Bonchev–Trinajstić information content (AvgIpc) is 2.25. The van der Waals surface area contributed by atoms with E-state index in [0.717, 1.165) is 12.1 Å². The number of hydrogen-bond acceptors (Lipinski definition) is 1. The smallest absolute Gasteiger partial charge is 0.132 e. The van der Waals surface area contributed by atoms with Crippen LogP contribution in [0.5, 0.6) is 0 Å².